The fourth-order valence-electron chi connectivity index (χ4n) is 0.864. The maximum Gasteiger partial charge on any atom is 0.0378 e. The third kappa shape index (κ3) is 3.70. The second kappa shape index (κ2) is 5.31. The molecule has 0 N–H and O–H groups in total. The molecule has 0 amide bonds. The van der Waals surface area contributed by atoms with E-state index < -0.39 is 0 Å². The van der Waals surface area contributed by atoms with E-state index in [2.05, 4.69) is 14.8 Å². The molecule has 5 heteroatoms. The molecule has 4 nitrogen and oxygen atoms in total. The van der Waals surface area contributed by atoms with Crippen molar-refractivity contribution in [2.24, 2.45) is 4.88 Å². The zero-order valence-electron chi connectivity index (χ0n) is 7.18. The lowest BCUT2D eigenvalue weighted by Gasteiger charge is -1.93. The molecular weight excluding hydrogens is 183 g/mol. The van der Waals surface area contributed by atoms with Gasteiger partial charge in [-0.25, -0.2) is 0 Å². The van der Waals surface area contributed by atoms with E-state index in [1.807, 2.05) is 30.9 Å². The van der Waals surface area contributed by atoms with E-state index in [0.717, 1.165) is 11.3 Å². The molecule has 13 heavy (non-hydrogen) atoms. The van der Waals surface area contributed by atoms with Crippen LogP contribution in [0, 0.1) is 6.92 Å². The average Bonchev–Trinajstić information content (AvgIpc) is 2.13. The van der Waals surface area contributed by atoms with Gasteiger partial charge in [-0.15, -0.1) is 0 Å². The summed E-state index contributed by atoms with van der Waals surface area (Å²) in [6.07, 6.45) is 3.67. The molecule has 0 saturated heterocycles. The van der Waals surface area contributed by atoms with E-state index in [0.29, 0.717) is 0 Å². The molecule has 1 unspecified atom stereocenters. The number of aryl methyl sites for hydroxylation is 1. The zero-order chi connectivity index (χ0) is 9.52. The van der Waals surface area contributed by atoms with Crippen molar-refractivity contribution >= 4 is 14.8 Å². The lowest BCUT2D eigenvalue weighted by Crippen LogP contribution is -1.79. The SMILES string of the molecule is Cc1cc(/C=C/PN=[N+]=[N-])ccn1. The fourth-order valence-corrected chi connectivity index (χ4v) is 1.25. The molecule has 0 fully saturated rings. The van der Waals surface area contributed by atoms with Crippen LogP contribution in [0.5, 0.6) is 0 Å². The van der Waals surface area contributed by atoms with Crippen LogP contribution in [0.2, 0.25) is 0 Å². The molecule has 0 aliphatic rings. The minimum absolute atomic E-state index is 0.162. The molecule has 1 atom stereocenters. The smallest absolute Gasteiger partial charge is 0.0378 e. The number of pyridine rings is 1. The highest BCUT2D eigenvalue weighted by Crippen LogP contribution is 2.15. The number of hydrogen-bond acceptors (Lipinski definition) is 2. The van der Waals surface area contributed by atoms with Crippen LogP contribution in [-0.2, 0) is 0 Å². The molecular formula is C8H9N4P. The Morgan fingerprint density at radius 1 is 1.69 bits per heavy atom. The summed E-state index contributed by atoms with van der Waals surface area (Å²) >= 11 is 0. The number of hydrogen-bond donors (Lipinski definition) is 0. The Labute approximate surface area is 78.2 Å². The lowest BCUT2D eigenvalue weighted by atomic mass is 10.2. The summed E-state index contributed by atoms with van der Waals surface area (Å²) in [5.74, 6) is 1.84. The third-order valence-electron chi connectivity index (χ3n) is 1.37. The van der Waals surface area contributed by atoms with E-state index in [4.69, 9.17) is 5.53 Å². The molecule has 1 aromatic rings. The van der Waals surface area contributed by atoms with Gasteiger partial charge in [-0.3, -0.25) is 4.98 Å². The number of nitrogens with zero attached hydrogens (tertiary/aromatic N) is 4. The van der Waals surface area contributed by atoms with Crippen molar-refractivity contribution in [1.82, 2.24) is 4.98 Å². The first-order chi connectivity index (χ1) is 6.33. The predicted octanol–water partition coefficient (Wildman–Crippen LogP) is 3.26. The van der Waals surface area contributed by atoms with Crippen LogP contribution in [-0.4, -0.2) is 4.98 Å². The van der Waals surface area contributed by atoms with Crippen molar-refractivity contribution in [3.63, 3.8) is 0 Å². The van der Waals surface area contributed by atoms with Crippen LogP contribution in [0.25, 0.3) is 16.5 Å². The maximum absolute atomic E-state index is 8.03. The van der Waals surface area contributed by atoms with Gasteiger partial charge in [-0.05, 0) is 38.9 Å². The minimum Gasteiger partial charge on any atom is -0.262 e. The Bertz CT molecular complexity index is 355. The quantitative estimate of drug-likeness (QED) is 0.313. The summed E-state index contributed by atoms with van der Waals surface area (Å²) in [6, 6.07) is 3.88. The molecule has 66 valence electrons. The lowest BCUT2D eigenvalue weighted by molar-refractivity contribution is 1.20. The van der Waals surface area contributed by atoms with Crippen LogP contribution in [0.1, 0.15) is 11.3 Å². The molecule has 0 aliphatic carbocycles. The van der Waals surface area contributed by atoms with Crippen LogP contribution in [0.3, 0.4) is 0 Å². The van der Waals surface area contributed by atoms with E-state index in [1.165, 1.54) is 0 Å². The highest BCUT2D eigenvalue weighted by Gasteiger charge is 1.86. The monoisotopic (exact) mass is 192 g/mol. The molecule has 0 saturated carbocycles. The van der Waals surface area contributed by atoms with Crippen molar-refractivity contribution in [3.05, 3.63) is 45.8 Å². The van der Waals surface area contributed by atoms with Crippen molar-refractivity contribution in [2.75, 3.05) is 0 Å². The Kier molecular flexibility index (Phi) is 3.97. The number of rotatable bonds is 3. The van der Waals surface area contributed by atoms with E-state index in [9.17, 15) is 0 Å². The molecule has 0 radical (unpaired) electrons. The molecule has 0 aliphatic heterocycles. The second-order valence-corrected chi connectivity index (χ2v) is 3.17. The number of aromatic nitrogens is 1. The zero-order valence-corrected chi connectivity index (χ0v) is 8.18. The second-order valence-electron chi connectivity index (χ2n) is 2.38. The Morgan fingerprint density at radius 3 is 3.23 bits per heavy atom. The largest absolute Gasteiger partial charge is 0.262 e. The molecule has 0 spiro atoms. The van der Waals surface area contributed by atoms with Gasteiger partial charge in [0.05, 0.1) is 0 Å². The Balaban J connectivity index is 2.63. The Morgan fingerprint density at radius 2 is 2.54 bits per heavy atom. The van der Waals surface area contributed by atoms with Gasteiger partial charge in [0.2, 0.25) is 0 Å². The maximum atomic E-state index is 8.03. The predicted molar refractivity (Wildman–Crippen MR) is 55.5 cm³/mol. The molecule has 1 aromatic heterocycles. The van der Waals surface area contributed by atoms with Gasteiger partial charge in [0.15, 0.2) is 0 Å². The van der Waals surface area contributed by atoms with Crippen molar-refractivity contribution < 1.29 is 0 Å². The van der Waals surface area contributed by atoms with Gasteiger partial charge in [-0.2, -0.15) is 0 Å². The van der Waals surface area contributed by atoms with Crippen LogP contribution in [0.15, 0.2) is 29.0 Å². The average molecular weight is 192 g/mol. The first-order valence-corrected chi connectivity index (χ1v) is 4.74. The van der Waals surface area contributed by atoms with Crippen LogP contribution < -0.4 is 0 Å². The summed E-state index contributed by atoms with van der Waals surface area (Å²) in [5.41, 5.74) is 10.1. The van der Waals surface area contributed by atoms with Crippen molar-refractivity contribution in [1.29, 1.82) is 0 Å². The van der Waals surface area contributed by atoms with Gasteiger partial charge >= 0.3 is 0 Å². The highest BCUT2D eigenvalue weighted by molar-refractivity contribution is 7.40. The first kappa shape index (κ1) is 9.72. The van der Waals surface area contributed by atoms with E-state index in [-0.39, 0.29) is 8.73 Å². The molecule has 1 rings (SSSR count). The Hall–Kier alpha value is -1.37. The van der Waals surface area contributed by atoms with Crippen molar-refractivity contribution in [3.8, 4) is 0 Å². The summed E-state index contributed by atoms with van der Waals surface area (Å²) in [7, 11) is 0.162. The third-order valence-corrected chi connectivity index (χ3v) is 1.89. The highest BCUT2D eigenvalue weighted by atomic mass is 31.1. The van der Waals surface area contributed by atoms with Crippen LogP contribution in [0.4, 0.5) is 0 Å². The number of azide groups is 1. The molecule has 0 bridgehead atoms. The van der Waals surface area contributed by atoms with Crippen molar-refractivity contribution in [2.45, 2.75) is 6.92 Å². The van der Waals surface area contributed by atoms with Gasteiger partial charge < -0.3 is 0 Å². The van der Waals surface area contributed by atoms with Gasteiger partial charge in [0, 0.05) is 16.8 Å². The fraction of sp³-hybridized carbons (Fsp3) is 0.125. The molecule has 0 aromatic carbocycles. The normalized spacial score (nSPS) is 10.8. The van der Waals surface area contributed by atoms with Gasteiger partial charge in [0.1, 0.15) is 0 Å². The standard InChI is InChI=1S/C8H9N4P/c1-7-6-8(2-4-10-7)3-5-13-12-11-9/h2-6,13H,1H3/b5-3+. The minimum atomic E-state index is 0.162. The first-order valence-electron chi connectivity index (χ1n) is 3.72. The summed E-state index contributed by atoms with van der Waals surface area (Å²) in [4.78, 5) is 10.1. The summed E-state index contributed by atoms with van der Waals surface area (Å²) in [6.45, 7) is 1.94. The summed E-state index contributed by atoms with van der Waals surface area (Å²) < 4.78 is 0. The van der Waals surface area contributed by atoms with E-state index >= 15 is 0 Å². The molecule has 1 heterocycles. The van der Waals surface area contributed by atoms with E-state index in [1.54, 1.807) is 6.20 Å². The topological polar surface area (TPSA) is 61.7 Å². The van der Waals surface area contributed by atoms with Gasteiger partial charge in [0.25, 0.3) is 0 Å². The van der Waals surface area contributed by atoms with Gasteiger partial charge in [-0.1, -0.05) is 16.8 Å². The van der Waals surface area contributed by atoms with Crippen LogP contribution >= 0.6 is 8.73 Å². The summed E-state index contributed by atoms with van der Waals surface area (Å²) in [5, 5.41) is 0.